The molecule has 1 fully saturated rings. The van der Waals surface area contributed by atoms with E-state index in [-0.39, 0.29) is 17.9 Å². The first-order valence-corrected chi connectivity index (χ1v) is 9.43. The number of rotatable bonds is 6. The molecule has 2 unspecified atom stereocenters. The van der Waals surface area contributed by atoms with Gasteiger partial charge in [-0.3, -0.25) is 9.59 Å². The molecule has 2 aromatic rings. The van der Waals surface area contributed by atoms with Crippen molar-refractivity contribution in [2.45, 2.75) is 31.8 Å². The third-order valence-electron chi connectivity index (χ3n) is 5.08. The lowest BCUT2D eigenvalue weighted by atomic mass is 10.0. The number of nitrogens with one attached hydrogen (secondary N) is 1. The Morgan fingerprint density at radius 3 is 2.46 bits per heavy atom. The second-order valence-electron chi connectivity index (χ2n) is 6.87. The van der Waals surface area contributed by atoms with Gasteiger partial charge in [0.25, 0.3) is 5.91 Å². The van der Waals surface area contributed by atoms with Crippen LogP contribution in [0.25, 0.3) is 0 Å². The number of hydrogen-bond donors (Lipinski definition) is 1. The molecule has 0 aromatic heterocycles. The van der Waals surface area contributed by atoms with Crippen molar-refractivity contribution in [2.24, 2.45) is 0 Å². The number of hydrogen-bond acceptors (Lipinski definition) is 4. The maximum atomic E-state index is 13.0. The van der Waals surface area contributed by atoms with Crippen LogP contribution in [0.3, 0.4) is 0 Å². The van der Waals surface area contributed by atoms with E-state index in [9.17, 15) is 9.59 Å². The van der Waals surface area contributed by atoms with Gasteiger partial charge < -0.3 is 19.7 Å². The predicted molar refractivity (Wildman–Crippen MR) is 107 cm³/mol. The van der Waals surface area contributed by atoms with Crippen LogP contribution in [0.15, 0.2) is 48.5 Å². The molecule has 0 bridgehead atoms. The minimum atomic E-state index is -0.603. The van der Waals surface area contributed by atoms with Crippen LogP contribution in [0.4, 0.5) is 0 Å². The van der Waals surface area contributed by atoms with Gasteiger partial charge in [-0.2, -0.15) is 0 Å². The Hall–Kier alpha value is -3.02. The first kappa shape index (κ1) is 19.7. The molecule has 1 aliphatic heterocycles. The maximum Gasteiger partial charge on any atom is 0.251 e. The van der Waals surface area contributed by atoms with Gasteiger partial charge in [-0.25, -0.2) is 0 Å². The highest BCUT2D eigenvalue weighted by atomic mass is 16.5. The molecule has 1 N–H and O–H groups in total. The van der Waals surface area contributed by atoms with Crippen molar-refractivity contribution >= 4 is 11.8 Å². The fourth-order valence-corrected chi connectivity index (χ4v) is 3.62. The van der Waals surface area contributed by atoms with Gasteiger partial charge in [0.15, 0.2) is 11.5 Å². The van der Waals surface area contributed by atoms with Gasteiger partial charge in [0.1, 0.15) is 6.04 Å². The number of carbonyl (C=O) groups is 2. The maximum absolute atomic E-state index is 13.0. The van der Waals surface area contributed by atoms with Gasteiger partial charge in [-0.15, -0.1) is 0 Å². The summed E-state index contributed by atoms with van der Waals surface area (Å²) in [5.74, 6) is 0.972. The number of amides is 2. The molecule has 0 radical (unpaired) electrons. The number of benzene rings is 2. The largest absolute Gasteiger partial charge is 0.493 e. The smallest absolute Gasteiger partial charge is 0.251 e. The van der Waals surface area contributed by atoms with Crippen LogP contribution in [-0.4, -0.2) is 43.5 Å². The molecule has 2 atom stereocenters. The SMILES string of the molecule is COc1ccc(C2CCCN2C(=O)C(C)NC(=O)c2ccccc2)cc1OC. The summed E-state index contributed by atoms with van der Waals surface area (Å²) < 4.78 is 10.7. The van der Waals surface area contributed by atoms with Crippen molar-refractivity contribution in [3.8, 4) is 11.5 Å². The highest BCUT2D eigenvalue weighted by Crippen LogP contribution is 2.37. The second-order valence-corrected chi connectivity index (χ2v) is 6.87. The Labute approximate surface area is 165 Å². The third-order valence-corrected chi connectivity index (χ3v) is 5.08. The van der Waals surface area contributed by atoms with Gasteiger partial charge in [0, 0.05) is 12.1 Å². The van der Waals surface area contributed by atoms with Crippen LogP contribution in [0.2, 0.25) is 0 Å². The second kappa shape index (κ2) is 8.78. The van der Waals surface area contributed by atoms with E-state index in [1.807, 2.05) is 29.2 Å². The minimum absolute atomic E-state index is 0.0385. The lowest BCUT2D eigenvalue weighted by molar-refractivity contribution is -0.133. The van der Waals surface area contributed by atoms with Crippen LogP contribution >= 0.6 is 0 Å². The molecule has 28 heavy (non-hydrogen) atoms. The van der Waals surface area contributed by atoms with Gasteiger partial charge in [-0.1, -0.05) is 24.3 Å². The third kappa shape index (κ3) is 4.11. The zero-order valence-electron chi connectivity index (χ0n) is 16.5. The fraction of sp³-hybridized carbons (Fsp3) is 0.364. The summed E-state index contributed by atoms with van der Waals surface area (Å²) in [4.78, 5) is 27.2. The van der Waals surface area contributed by atoms with E-state index in [0.29, 0.717) is 23.6 Å². The molecule has 148 valence electrons. The molecular formula is C22H26N2O4. The van der Waals surface area contributed by atoms with Crippen molar-refractivity contribution in [1.82, 2.24) is 10.2 Å². The predicted octanol–water partition coefficient (Wildman–Crippen LogP) is 3.19. The molecule has 1 aliphatic rings. The Morgan fingerprint density at radius 2 is 1.79 bits per heavy atom. The van der Waals surface area contributed by atoms with Crippen molar-refractivity contribution in [2.75, 3.05) is 20.8 Å². The first-order valence-electron chi connectivity index (χ1n) is 9.43. The zero-order valence-corrected chi connectivity index (χ0v) is 16.5. The minimum Gasteiger partial charge on any atom is -0.493 e. The van der Waals surface area contributed by atoms with Crippen molar-refractivity contribution in [3.63, 3.8) is 0 Å². The highest BCUT2D eigenvalue weighted by molar-refractivity contribution is 5.97. The highest BCUT2D eigenvalue weighted by Gasteiger charge is 2.33. The molecule has 0 saturated carbocycles. The van der Waals surface area contributed by atoms with E-state index in [0.717, 1.165) is 18.4 Å². The van der Waals surface area contributed by atoms with Crippen molar-refractivity contribution in [1.29, 1.82) is 0 Å². The lowest BCUT2D eigenvalue weighted by Gasteiger charge is -2.28. The number of methoxy groups -OCH3 is 2. The molecule has 1 saturated heterocycles. The molecule has 0 spiro atoms. The van der Waals surface area contributed by atoms with Gasteiger partial charge in [0.2, 0.25) is 5.91 Å². The molecule has 2 aromatic carbocycles. The summed E-state index contributed by atoms with van der Waals surface area (Å²) in [6.07, 6.45) is 1.80. The monoisotopic (exact) mass is 382 g/mol. The number of carbonyl (C=O) groups excluding carboxylic acids is 2. The van der Waals surface area contributed by atoms with E-state index < -0.39 is 6.04 Å². The van der Waals surface area contributed by atoms with Gasteiger partial charge in [-0.05, 0) is 49.6 Å². The standard InChI is InChI=1S/C22H26N2O4/c1-15(23-21(25)16-8-5-4-6-9-16)22(26)24-13-7-10-18(24)17-11-12-19(27-2)20(14-17)28-3/h4-6,8-9,11-12,14-15,18H,7,10,13H2,1-3H3,(H,23,25). The summed E-state index contributed by atoms with van der Waals surface area (Å²) in [7, 11) is 3.19. The Bertz CT molecular complexity index is 838. The summed E-state index contributed by atoms with van der Waals surface area (Å²) in [5.41, 5.74) is 1.55. The Balaban J connectivity index is 1.73. The molecule has 0 aliphatic carbocycles. The average Bonchev–Trinajstić information content (AvgIpc) is 3.23. The fourth-order valence-electron chi connectivity index (χ4n) is 3.62. The molecule has 6 nitrogen and oxygen atoms in total. The summed E-state index contributed by atoms with van der Waals surface area (Å²) in [6, 6.07) is 14.0. The van der Waals surface area contributed by atoms with Crippen LogP contribution in [0.1, 0.15) is 41.7 Å². The summed E-state index contributed by atoms with van der Waals surface area (Å²) in [6.45, 7) is 2.40. The van der Waals surface area contributed by atoms with Crippen LogP contribution in [-0.2, 0) is 4.79 Å². The van der Waals surface area contributed by atoms with Crippen LogP contribution < -0.4 is 14.8 Å². The zero-order chi connectivity index (χ0) is 20.1. The van der Waals surface area contributed by atoms with Crippen LogP contribution in [0.5, 0.6) is 11.5 Å². The first-order chi connectivity index (χ1) is 13.5. The normalized spacial score (nSPS) is 17.1. The van der Waals surface area contributed by atoms with E-state index >= 15 is 0 Å². The van der Waals surface area contributed by atoms with Gasteiger partial charge >= 0.3 is 0 Å². The number of nitrogens with zero attached hydrogens (tertiary/aromatic N) is 1. The van der Waals surface area contributed by atoms with E-state index in [1.165, 1.54) is 0 Å². The molecule has 1 heterocycles. The van der Waals surface area contributed by atoms with Crippen molar-refractivity contribution < 1.29 is 19.1 Å². The van der Waals surface area contributed by atoms with Gasteiger partial charge in [0.05, 0.1) is 20.3 Å². The molecular weight excluding hydrogens is 356 g/mol. The number of likely N-dealkylation sites (tertiary alicyclic amines) is 1. The summed E-state index contributed by atoms with van der Waals surface area (Å²) >= 11 is 0. The van der Waals surface area contributed by atoms with E-state index in [4.69, 9.17) is 9.47 Å². The summed E-state index contributed by atoms with van der Waals surface area (Å²) in [5, 5.41) is 2.81. The van der Waals surface area contributed by atoms with Crippen molar-refractivity contribution in [3.05, 3.63) is 59.7 Å². The lowest BCUT2D eigenvalue weighted by Crippen LogP contribution is -2.46. The Morgan fingerprint density at radius 1 is 1.07 bits per heavy atom. The van der Waals surface area contributed by atoms with E-state index in [1.54, 1.807) is 45.4 Å². The van der Waals surface area contributed by atoms with Crippen LogP contribution in [0, 0.1) is 0 Å². The molecule has 3 rings (SSSR count). The number of ether oxygens (including phenoxy) is 2. The molecule has 2 amide bonds. The average molecular weight is 382 g/mol. The van der Waals surface area contributed by atoms with E-state index in [2.05, 4.69) is 5.32 Å². The Kier molecular flexibility index (Phi) is 6.19. The topological polar surface area (TPSA) is 67.9 Å². The molecule has 6 heteroatoms. The quantitative estimate of drug-likeness (QED) is 0.833.